The Morgan fingerprint density at radius 2 is 2.38 bits per heavy atom. The summed E-state index contributed by atoms with van der Waals surface area (Å²) in [6.45, 7) is 1.15. The Morgan fingerprint density at radius 1 is 1.46 bits per heavy atom. The lowest BCUT2D eigenvalue weighted by Gasteiger charge is -2.27. The highest BCUT2D eigenvalue weighted by Crippen LogP contribution is 2.22. The lowest BCUT2D eigenvalue weighted by molar-refractivity contribution is 0.382. The zero-order valence-corrected chi connectivity index (χ0v) is 7.27. The number of pyridine rings is 1. The smallest absolute Gasteiger partial charge is 0.136 e. The monoisotopic (exact) mass is 173 g/mol. The van der Waals surface area contributed by atoms with E-state index in [-0.39, 0.29) is 0 Å². The third kappa shape index (κ3) is 1.04. The Kier molecular flexibility index (Phi) is 1.40. The van der Waals surface area contributed by atoms with Crippen LogP contribution in [0.4, 0.5) is 0 Å². The van der Waals surface area contributed by atoms with Crippen molar-refractivity contribution < 1.29 is 0 Å². The average molecular weight is 173 g/mol. The van der Waals surface area contributed by atoms with Crippen LogP contribution in [-0.4, -0.2) is 15.9 Å². The van der Waals surface area contributed by atoms with Gasteiger partial charge >= 0.3 is 0 Å². The summed E-state index contributed by atoms with van der Waals surface area (Å²) in [6, 6.07) is 4.78. The van der Waals surface area contributed by atoms with Gasteiger partial charge in [0, 0.05) is 24.6 Å². The summed E-state index contributed by atoms with van der Waals surface area (Å²) >= 11 is 0. The van der Waals surface area contributed by atoms with Gasteiger partial charge in [0.15, 0.2) is 0 Å². The molecule has 0 bridgehead atoms. The molecule has 0 aliphatic carbocycles. The van der Waals surface area contributed by atoms with Crippen LogP contribution in [0.3, 0.4) is 0 Å². The van der Waals surface area contributed by atoms with Crippen molar-refractivity contribution in [1.82, 2.24) is 14.7 Å². The molecule has 2 aromatic rings. The quantitative estimate of drug-likeness (QED) is 0.705. The van der Waals surface area contributed by atoms with Crippen LogP contribution in [0.5, 0.6) is 0 Å². The Morgan fingerprint density at radius 3 is 3.15 bits per heavy atom. The Hall–Kier alpha value is -1.35. The minimum atomic E-state index is 0.562. The van der Waals surface area contributed by atoms with E-state index in [0.717, 1.165) is 12.2 Å². The molecule has 0 saturated carbocycles. The van der Waals surface area contributed by atoms with E-state index in [1.165, 1.54) is 12.0 Å². The van der Waals surface area contributed by atoms with Crippen molar-refractivity contribution in [2.45, 2.75) is 12.5 Å². The molecule has 0 amide bonds. The lowest BCUT2D eigenvalue weighted by Crippen LogP contribution is -2.35. The van der Waals surface area contributed by atoms with Gasteiger partial charge in [0.05, 0.1) is 0 Å². The number of nitrogens with one attached hydrogen (secondary N) is 1. The van der Waals surface area contributed by atoms with E-state index < -0.39 is 0 Å². The summed E-state index contributed by atoms with van der Waals surface area (Å²) in [7, 11) is 0. The molecular weight excluding hydrogens is 162 g/mol. The Labute approximate surface area is 76.4 Å². The number of imidazole rings is 1. The molecular formula is C10H11N3. The van der Waals surface area contributed by atoms with Crippen molar-refractivity contribution in [2.24, 2.45) is 0 Å². The maximum atomic E-state index is 4.21. The standard InChI is InChI=1S/C10H11N3/c1-2-10-12-5-6-13(10)7-8(1)9-3-4-11-9/h1-2,5-7,9,11H,3-4H2. The number of aromatic nitrogens is 2. The molecule has 0 radical (unpaired) electrons. The normalized spacial score (nSPS) is 21.7. The van der Waals surface area contributed by atoms with Gasteiger partial charge < -0.3 is 9.72 Å². The van der Waals surface area contributed by atoms with Crippen LogP contribution in [0.1, 0.15) is 18.0 Å². The molecule has 3 heterocycles. The van der Waals surface area contributed by atoms with Crippen molar-refractivity contribution in [2.75, 3.05) is 6.54 Å². The molecule has 1 saturated heterocycles. The van der Waals surface area contributed by atoms with E-state index >= 15 is 0 Å². The fraction of sp³-hybridized carbons (Fsp3) is 0.300. The number of nitrogens with zero attached hydrogens (tertiary/aromatic N) is 2. The summed E-state index contributed by atoms with van der Waals surface area (Å²) in [5, 5.41) is 3.38. The Balaban J connectivity index is 2.09. The van der Waals surface area contributed by atoms with Gasteiger partial charge in [0.25, 0.3) is 0 Å². The van der Waals surface area contributed by atoms with Gasteiger partial charge in [0.1, 0.15) is 5.65 Å². The number of fused-ring (bicyclic) bond motifs is 1. The van der Waals surface area contributed by atoms with Gasteiger partial charge in [-0.05, 0) is 24.6 Å². The summed E-state index contributed by atoms with van der Waals surface area (Å²) in [6.07, 6.45) is 7.21. The van der Waals surface area contributed by atoms with Gasteiger partial charge in [0.2, 0.25) is 0 Å². The van der Waals surface area contributed by atoms with E-state index in [1.54, 1.807) is 0 Å². The molecule has 1 N–H and O–H groups in total. The number of hydrogen-bond acceptors (Lipinski definition) is 2. The van der Waals surface area contributed by atoms with Crippen molar-refractivity contribution >= 4 is 5.65 Å². The fourth-order valence-corrected chi connectivity index (χ4v) is 1.72. The molecule has 1 fully saturated rings. The lowest BCUT2D eigenvalue weighted by atomic mass is 10.00. The molecule has 66 valence electrons. The molecule has 3 heteroatoms. The maximum Gasteiger partial charge on any atom is 0.136 e. The van der Waals surface area contributed by atoms with Crippen LogP contribution < -0.4 is 5.32 Å². The van der Waals surface area contributed by atoms with Crippen LogP contribution in [0, 0.1) is 0 Å². The third-order valence-corrected chi connectivity index (χ3v) is 2.64. The number of rotatable bonds is 1. The second kappa shape index (κ2) is 2.57. The predicted octanol–water partition coefficient (Wildman–Crippen LogP) is 1.37. The van der Waals surface area contributed by atoms with Gasteiger partial charge in [-0.3, -0.25) is 0 Å². The molecule has 1 unspecified atom stereocenters. The first kappa shape index (κ1) is 7.09. The van der Waals surface area contributed by atoms with Crippen LogP contribution in [0.15, 0.2) is 30.7 Å². The topological polar surface area (TPSA) is 29.3 Å². The molecule has 0 spiro atoms. The van der Waals surface area contributed by atoms with Crippen molar-refractivity contribution in [3.8, 4) is 0 Å². The molecule has 3 rings (SSSR count). The predicted molar refractivity (Wildman–Crippen MR) is 50.6 cm³/mol. The van der Waals surface area contributed by atoms with E-state index in [4.69, 9.17) is 0 Å². The minimum Gasteiger partial charge on any atom is -0.310 e. The molecule has 1 atom stereocenters. The van der Waals surface area contributed by atoms with E-state index in [9.17, 15) is 0 Å². The minimum absolute atomic E-state index is 0.562. The summed E-state index contributed by atoms with van der Waals surface area (Å²) < 4.78 is 2.06. The van der Waals surface area contributed by atoms with E-state index in [1.807, 2.05) is 12.4 Å². The highest BCUT2D eigenvalue weighted by molar-refractivity contribution is 5.40. The van der Waals surface area contributed by atoms with Crippen LogP contribution in [0.2, 0.25) is 0 Å². The van der Waals surface area contributed by atoms with E-state index in [2.05, 4.69) is 33.0 Å². The highest BCUT2D eigenvalue weighted by atomic mass is 15.0. The molecule has 3 nitrogen and oxygen atoms in total. The summed E-state index contributed by atoms with van der Waals surface area (Å²) in [5.41, 5.74) is 2.37. The Bertz CT molecular complexity index is 428. The van der Waals surface area contributed by atoms with Gasteiger partial charge in [-0.15, -0.1) is 0 Å². The molecule has 0 aromatic carbocycles. The fourth-order valence-electron chi connectivity index (χ4n) is 1.72. The first-order valence-electron chi connectivity index (χ1n) is 4.59. The van der Waals surface area contributed by atoms with Crippen molar-refractivity contribution in [1.29, 1.82) is 0 Å². The van der Waals surface area contributed by atoms with Crippen LogP contribution in [-0.2, 0) is 0 Å². The molecule has 1 aliphatic rings. The zero-order chi connectivity index (χ0) is 8.67. The van der Waals surface area contributed by atoms with Crippen LogP contribution in [0.25, 0.3) is 5.65 Å². The van der Waals surface area contributed by atoms with Crippen molar-refractivity contribution in [3.05, 3.63) is 36.3 Å². The molecule has 2 aromatic heterocycles. The second-order valence-corrected chi connectivity index (χ2v) is 3.45. The SMILES string of the molecule is c1cn2cc(C3CCN3)ccc2n1. The maximum absolute atomic E-state index is 4.21. The van der Waals surface area contributed by atoms with Gasteiger partial charge in [-0.25, -0.2) is 4.98 Å². The third-order valence-electron chi connectivity index (χ3n) is 2.64. The molecule has 1 aliphatic heterocycles. The zero-order valence-electron chi connectivity index (χ0n) is 7.27. The number of hydrogen-bond donors (Lipinski definition) is 1. The second-order valence-electron chi connectivity index (χ2n) is 3.45. The van der Waals surface area contributed by atoms with Gasteiger partial charge in [-0.2, -0.15) is 0 Å². The summed E-state index contributed by atoms with van der Waals surface area (Å²) in [5.74, 6) is 0. The highest BCUT2D eigenvalue weighted by Gasteiger charge is 2.18. The molecule has 13 heavy (non-hydrogen) atoms. The largest absolute Gasteiger partial charge is 0.310 e. The summed E-state index contributed by atoms with van der Waals surface area (Å²) in [4.78, 5) is 4.21. The van der Waals surface area contributed by atoms with Crippen molar-refractivity contribution in [3.63, 3.8) is 0 Å². The average Bonchev–Trinajstić information content (AvgIpc) is 2.47. The first-order chi connectivity index (χ1) is 6.43. The van der Waals surface area contributed by atoms with Crippen LogP contribution >= 0.6 is 0 Å². The van der Waals surface area contributed by atoms with E-state index in [0.29, 0.717) is 6.04 Å². The first-order valence-corrected chi connectivity index (χ1v) is 4.59. The van der Waals surface area contributed by atoms with Gasteiger partial charge in [-0.1, -0.05) is 6.07 Å².